The fourth-order valence-corrected chi connectivity index (χ4v) is 1.58. The number of hydrogen-bond acceptors (Lipinski definition) is 5. The van der Waals surface area contributed by atoms with Crippen molar-refractivity contribution in [3.05, 3.63) is 23.8 Å². The summed E-state index contributed by atoms with van der Waals surface area (Å²) in [5.74, 6) is -0.513. The standard InChI is InChI=1S/C13H20N2O4/c1-9(16)15-6-2-5-14-8-13(19)10-3-4-11(17)12(18)7-10/h3-4,7,13-14,17-19H,2,5-6,8H2,1H3,(H,15,16). The van der Waals surface area contributed by atoms with Crippen LogP contribution in [0.1, 0.15) is 25.0 Å². The first-order valence-electron chi connectivity index (χ1n) is 6.16. The van der Waals surface area contributed by atoms with Crippen LogP contribution < -0.4 is 10.6 Å². The molecule has 6 nitrogen and oxygen atoms in total. The highest BCUT2D eigenvalue weighted by molar-refractivity contribution is 5.72. The number of carbonyl (C=O) groups is 1. The quantitative estimate of drug-likeness (QED) is 0.360. The van der Waals surface area contributed by atoms with Crippen LogP contribution in [0.15, 0.2) is 18.2 Å². The molecule has 0 saturated heterocycles. The Morgan fingerprint density at radius 1 is 1.26 bits per heavy atom. The number of hydrogen-bond donors (Lipinski definition) is 5. The first-order chi connectivity index (χ1) is 9.00. The van der Waals surface area contributed by atoms with E-state index >= 15 is 0 Å². The maximum Gasteiger partial charge on any atom is 0.216 e. The number of carbonyl (C=O) groups excluding carboxylic acids is 1. The van der Waals surface area contributed by atoms with Gasteiger partial charge in [-0.15, -0.1) is 0 Å². The van der Waals surface area contributed by atoms with E-state index in [0.29, 0.717) is 25.2 Å². The van der Waals surface area contributed by atoms with Crippen molar-refractivity contribution >= 4 is 5.91 Å². The van der Waals surface area contributed by atoms with Gasteiger partial charge in [0.25, 0.3) is 0 Å². The summed E-state index contributed by atoms with van der Waals surface area (Å²) in [6.45, 7) is 3.07. The minimum atomic E-state index is -0.757. The lowest BCUT2D eigenvalue weighted by atomic mass is 10.1. The van der Waals surface area contributed by atoms with Crippen molar-refractivity contribution in [1.82, 2.24) is 10.6 Å². The molecule has 0 saturated carbocycles. The van der Waals surface area contributed by atoms with Gasteiger partial charge in [-0.05, 0) is 30.7 Å². The molecule has 5 N–H and O–H groups in total. The lowest BCUT2D eigenvalue weighted by molar-refractivity contribution is -0.118. The summed E-state index contributed by atoms with van der Waals surface area (Å²) in [5, 5.41) is 34.1. The van der Waals surface area contributed by atoms with Crippen LogP contribution in [0.3, 0.4) is 0 Å². The van der Waals surface area contributed by atoms with Crippen molar-refractivity contribution in [3.8, 4) is 11.5 Å². The normalized spacial score (nSPS) is 12.1. The molecule has 1 amide bonds. The van der Waals surface area contributed by atoms with E-state index in [2.05, 4.69) is 10.6 Å². The molecule has 1 aromatic rings. The molecule has 0 heterocycles. The lowest BCUT2D eigenvalue weighted by Gasteiger charge is -2.13. The van der Waals surface area contributed by atoms with Crippen molar-refractivity contribution < 1.29 is 20.1 Å². The van der Waals surface area contributed by atoms with Gasteiger partial charge in [0.15, 0.2) is 11.5 Å². The number of amides is 1. The molecule has 1 rings (SSSR count). The number of nitrogens with one attached hydrogen (secondary N) is 2. The molecule has 0 fully saturated rings. The molecule has 106 valence electrons. The zero-order valence-electron chi connectivity index (χ0n) is 10.9. The minimum Gasteiger partial charge on any atom is -0.504 e. The van der Waals surface area contributed by atoms with Gasteiger partial charge < -0.3 is 26.0 Å². The minimum absolute atomic E-state index is 0.0559. The van der Waals surface area contributed by atoms with Crippen molar-refractivity contribution in [2.75, 3.05) is 19.6 Å². The van der Waals surface area contributed by atoms with Crippen molar-refractivity contribution in [2.45, 2.75) is 19.4 Å². The first kappa shape index (κ1) is 15.3. The molecule has 0 radical (unpaired) electrons. The van der Waals surface area contributed by atoms with E-state index in [9.17, 15) is 15.0 Å². The van der Waals surface area contributed by atoms with Gasteiger partial charge >= 0.3 is 0 Å². The SMILES string of the molecule is CC(=O)NCCCNCC(O)c1ccc(O)c(O)c1. The maximum atomic E-state index is 10.6. The number of aliphatic hydroxyl groups excluding tert-OH is 1. The Kier molecular flexibility index (Phi) is 6.11. The molecule has 0 spiro atoms. The van der Waals surface area contributed by atoms with Gasteiger partial charge in [-0.25, -0.2) is 0 Å². The second kappa shape index (κ2) is 7.60. The molecule has 0 aliphatic heterocycles. The van der Waals surface area contributed by atoms with Crippen LogP contribution in [0, 0.1) is 0 Å². The zero-order valence-corrected chi connectivity index (χ0v) is 10.9. The third-order valence-electron chi connectivity index (χ3n) is 2.63. The molecule has 0 aliphatic rings. The average Bonchev–Trinajstić information content (AvgIpc) is 2.36. The van der Waals surface area contributed by atoms with E-state index in [-0.39, 0.29) is 17.4 Å². The van der Waals surface area contributed by atoms with Crippen LogP contribution in [0.2, 0.25) is 0 Å². The molecule has 0 bridgehead atoms. The van der Waals surface area contributed by atoms with Gasteiger partial charge in [0.1, 0.15) is 0 Å². The number of rotatable bonds is 7. The van der Waals surface area contributed by atoms with Gasteiger partial charge in [-0.1, -0.05) is 6.07 Å². The fraction of sp³-hybridized carbons (Fsp3) is 0.462. The highest BCUT2D eigenvalue weighted by atomic mass is 16.3. The number of aliphatic hydroxyl groups is 1. The zero-order chi connectivity index (χ0) is 14.3. The third kappa shape index (κ3) is 5.58. The summed E-state index contributed by atoms with van der Waals surface area (Å²) in [5.41, 5.74) is 0.532. The van der Waals surface area contributed by atoms with Crippen molar-refractivity contribution in [3.63, 3.8) is 0 Å². The van der Waals surface area contributed by atoms with Crippen LogP contribution >= 0.6 is 0 Å². The maximum absolute atomic E-state index is 10.6. The third-order valence-corrected chi connectivity index (χ3v) is 2.63. The lowest BCUT2D eigenvalue weighted by Crippen LogP contribution is -2.27. The number of benzene rings is 1. The summed E-state index contributed by atoms with van der Waals surface area (Å²) >= 11 is 0. The van der Waals surface area contributed by atoms with Gasteiger partial charge in [0, 0.05) is 20.0 Å². The van der Waals surface area contributed by atoms with Crippen LogP contribution in [0.25, 0.3) is 0 Å². The van der Waals surface area contributed by atoms with Gasteiger partial charge in [0.05, 0.1) is 6.10 Å². The molecule has 1 atom stereocenters. The van der Waals surface area contributed by atoms with E-state index in [4.69, 9.17) is 5.11 Å². The topological polar surface area (TPSA) is 102 Å². The van der Waals surface area contributed by atoms with E-state index in [0.717, 1.165) is 6.42 Å². The van der Waals surface area contributed by atoms with Crippen LogP contribution in [0.4, 0.5) is 0 Å². The number of aromatic hydroxyl groups is 2. The number of phenolic OH excluding ortho intramolecular Hbond substituents is 2. The Bertz CT molecular complexity index is 423. The Labute approximate surface area is 112 Å². The van der Waals surface area contributed by atoms with Gasteiger partial charge in [-0.2, -0.15) is 0 Å². The predicted molar refractivity (Wildman–Crippen MR) is 70.9 cm³/mol. The Morgan fingerprint density at radius 2 is 2.00 bits per heavy atom. The highest BCUT2D eigenvalue weighted by Crippen LogP contribution is 2.27. The van der Waals surface area contributed by atoms with Crippen LogP contribution in [-0.2, 0) is 4.79 Å². The second-order valence-corrected chi connectivity index (χ2v) is 4.30. The van der Waals surface area contributed by atoms with E-state index in [1.807, 2.05) is 0 Å². The molecule has 0 aliphatic carbocycles. The van der Waals surface area contributed by atoms with E-state index in [1.54, 1.807) is 6.07 Å². The molecular weight excluding hydrogens is 248 g/mol. The summed E-state index contributed by atoms with van der Waals surface area (Å²) in [7, 11) is 0. The molecule has 1 aromatic carbocycles. The molecule has 1 unspecified atom stereocenters. The average molecular weight is 268 g/mol. The predicted octanol–water partition coefficient (Wildman–Crippen LogP) is 0.247. The van der Waals surface area contributed by atoms with Crippen LogP contribution in [0.5, 0.6) is 11.5 Å². The van der Waals surface area contributed by atoms with Gasteiger partial charge in [-0.3, -0.25) is 4.79 Å². The smallest absolute Gasteiger partial charge is 0.216 e. The molecular formula is C13H20N2O4. The summed E-state index contributed by atoms with van der Waals surface area (Å²) in [6.07, 6.45) is 0.0138. The Morgan fingerprint density at radius 3 is 2.63 bits per heavy atom. The summed E-state index contributed by atoms with van der Waals surface area (Å²) in [4.78, 5) is 10.6. The summed E-state index contributed by atoms with van der Waals surface area (Å²) < 4.78 is 0. The second-order valence-electron chi connectivity index (χ2n) is 4.30. The Hall–Kier alpha value is -1.79. The van der Waals surface area contributed by atoms with Gasteiger partial charge in [0.2, 0.25) is 5.91 Å². The summed E-state index contributed by atoms with van der Waals surface area (Å²) in [6, 6.07) is 4.22. The fourth-order valence-electron chi connectivity index (χ4n) is 1.58. The Balaban J connectivity index is 2.25. The van der Waals surface area contributed by atoms with Crippen LogP contribution in [-0.4, -0.2) is 40.9 Å². The highest BCUT2D eigenvalue weighted by Gasteiger charge is 2.09. The monoisotopic (exact) mass is 268 g/mol. The number of phenols is 2. The molecule has 0 aromatic heterocycles. The van der Waals surface area contributed by atoms with E-state index in [1.165, 1.54) is 19.1 Å². The van der Waals surface area contributed by atoms with Crippen molar-refractivity contribution in [2.24, 2.45) is 0 Å². The largest absolute Gasteiger partial charge is 0.504 e. The van der Waals surface area contributed by atoms with Crippen molar-refractivity contribution in [1.29, 1.82) is 0 Å². The van der Waals surface area contributed by atoms with E-state index < -0.39 is 6.10 Å². The molecule has 6 heteroatoms. The molecule has 19 heavy (non-hydrogen) atoms. The first-order valence-corrected chi connectivity index (χ1v) is 6.16.